The van der Waals surface area contributed by atoms with E-state index in [9.17, 15) is 5.11 Å². The van der Waals surface area contributed by atoms with E-state index in [4.69, 9.17) is 4.74 Å². The van der Waals surface area contributed by atoms with Gasteiger partial charge in [-0.05, 0) is 51.1 Å². The summed E-state index contributed by atoms with van der Waals surface area (Å²) in [6.45, 7) is 6.28. The van der Waals surface area contributed by atoms with Gasteiger partial charge >= 0.3 is 0 Å². The molecule has 1 N–H and O–H groups in total. The highest BCUT2D eigenvalue weighted by Gasteiger charge is 2.35. The Bertz CT molecular complexity index is 229. The molecule has 1 saturated carbocycles. The van der Waals surface area contributed by atoms with Crippen LogP contribution in [0.15, 0.2) is 0 Å². The maximum absolute atomic E-state index is 9.87. The van der Waals surface area contributed by atoms with Crippen molar-refractivity contribution in [3.63, 3.8) is 0 Å². The maximum Gasteiger partial charge on any atom is 0.0900 e. The van der Waals surface area contributed by atoms with Crippen molar-refractivity contribution in [2.24, 2.45) is 5.41 Å². The Labute approximate surface area is 112 Å². The van der Waals surface area contributed by atoms with E-state index in [0.717, 1.165) is 6.54 Å². The zero-order valence-electron chi connectivity index (χ0n) is 11.9. The molecule has 0 radical (unpaired) electrons. The third-order valence-corrected chi connectivity index (χ3v) is 4.81. The van der Waals surface area contributed by atoms with Crippen molar-refractivity contribution in [3.8, 4) is 0 Å². The lowest BCUT2D eigenvalue weighted by Gasteiger charge is -2.44. The molecular weight excluding hydrogens is 226 g/mol. The molecule has 1 saturated heterocycles. The molecule has 106 valence electrons. The van der Waals surface area contributed by atoms with Crippen molar-refractivity contribution < 1.29 is 9.84 Å². The molecule has 1 spiro atoms. The quantitative estimate of drug-likeness (QED) is 0.819. The second-order valence-electron chi connectivity index (χ2n) is 6.17. The van der Waals surface area contributed by atoms with Crippen molar-refractivity contribution in [2.75, 3.05) is 32.8 Å². The van der Waals surface area contributed by atoms with Crippen LogP contribution in [-0.4, -0.2) is 49.0 Å². The van der Waals surface area contributed by atoms with E-state index in [1.807, 2.05) is 6.92 Å². The van der Waals surface area contributed by atoms with Gasteiger partial charge in [0.05, 0.1) is 12.7 Å². The van der Waals surface area contributed by atoms with Crippen LogP contribution >= 0.6 is 0 Å². The van der Waals surface area contributed by atoms with Gasteiger partial charge in [-0.3, -0.25) is 0 Å². The first-order valence-electron chi connectivity index (χ1n) is 7.72. The van der Waals surface area contributed by atoms with Crippen molar-refractivity contribution >= 4 is 0 Å². The minimum Gasteiger partial charge on any atom is -0.389 e. The SMILES string of the molecule is CCOCC(O)CN1CCC2(CCCCC2)CC1. The van der Waals surface area contributed by atoms with Crippen molar-refractivity contribution in [2.45, 2.75) is 58.0 Å². The number of hydrogen-bond acceptors (Lipinski definition) is 3. The summed E-state index contributed by atoms with van der Waals surface area (Å²) in [5.41, 5.74) is 0.666. The average Bonchev–Trinajstić information content (AvgIpc) is 2.40. The van der Waals surface area contributed by atoms with Crippen LogP contribution in [0, 0.1) is 5.41 Å². The van der Waals surface area contributed by atoms with Gasteiger partial charge in [-0.25, -0.2) is 0 Å². The van der Waals surface area contributed by atoms with E-state index in [2.05, 4.69) is 4.90 Å². The zero-order chi connectivity index (χ0) is 12.8. The van der Waals surface area contributed by atoms with Crippen LogP contribution in [0.5, 0.6) is 0 Å². The molecule has 0 aromatic heterocycles. The van der Waals surface area contributed by atoms with E-state index in [1.165, 1.54) is 58.0 Å². The largest absolute Gasteiger partial charge is 0.389 e. The molecule has 3 heteroatoms. The van der Waals surface area contributed by atoms with Gasteiger partial charge in [-0.2, -0.15) is 0 Å². The molecule has 1 atom stereocenters. The molecule has 0 aromatic rings. The molecule has 0 bridgehead atoms. The lowest BCUT2D eigenvalue weighted by atomic mass is 9.68. The smallest absolute Gasteiger partial charge is 0.0900 e. The standard InChI is InChI=1S/C15H29NO2/c1-2-18-13-14(17)12-16-10-8-15(9-11-16)6-4-3-5-7-15/h14,17H,2-13H2,1H3. The Balaban J connectivity index is 1.69. The summed E-state index contributed by atoms with van der Waals surface area (Å²) >= 11 is 0. The van der Waals surface area contributed by atoms with E-state index in [-0.39, 0.29) is 6.10 Å². The van der Waals surface area contributed by atoms with Gasteiger partial charge in [-0.1, -0.05) is 19.3 Å². The van der Waals surface area contributed by atoms with Crippen LogP contribution in [0.25, 0.3) is 0 Å². The van der Waals surface area contributed by atoms with Crippen LogP contribution in [0.3, 0.4) is 0 Å². The fourth-order valence-corrected chi connectivity index (χ4v) is 3.62. The molecule has 3 nitrogen and oxygen atoms in total. The summed E-state index contributed by atoms with van der Waals surface area (Å²) in [7, 11) is 0. The van der Waals surface area contributed by atoms with E-state index in [0.29, 0.717) is 18.6 Å². The van der Waals surface area contributed by atoms with E-state index >= 15 is 0 Å². The van der Waals surface area contributed by atoms with Crippen LogP contribution in [0.2, 0.25) is 0 Å². The first-order chi connectivity index (χ1) is 8.74. The lowest BCUT2D eigenvalue weighted by Crippen LogP contribution is -2.44. The fourth-order valence-electron chi connectivity index (χ4n) is 3.62. The van der Waals surface area contributed by atoms with Gasteiger partial charge in [0, 0.05) is 13.2 Å². The summed E-state index contributed by atoms with van der Waals surface area (Å²) in [5, 5.41) is 9.87. The zero-order valence-corrected chi connectivity index (χ0v) is 11.9. The van der Waals surface area contributed by atoms with Gasteiger partial charge in [0.15, 0.2) is 0 Å². The minimum atomic E-state index is -0.314. The Kier molecular flexibility index (Phi) is 5.46. The molecule has 2 aliphatic rings. The monoisotopic (exact) mass is 255 g/mol. The molecule has 1 unspecified atom stereocenters. The third-order valence-electron chi connectivity index (χ3n) is 4.81. The summed E-state index contributed by atoms with van der Waals surface area (Å²) < 4.78 is 5.27. The first kappa shape index (κ1) is 14.3. The molecule has 2 fully saturated rings. The number of rotatable bonds is 5. The topological polar surface area (TPSA) is 32.7 Å². The number of nitrogens with zero attached hydrogens (tertiary/aromatic N) is 1. The van der Waals surface area contributed by atoms with E-state index < -0.39 is 0 Å². The Hall–Kier alpha value is -0.120. The molecule has 0 amide bonds. The second-order valence-corrected chi connectivity index (χ2v) is 6.17. The van der Waals surface area contributed by atoms with Gasteiger partial charge in [-0.15, -0.1) is 0 Å². The van der Waals surface area contributed by atoms with Gasteiger partial charge in [0.2, 0.25) is 0 Å². The second kappa shape index (κ2) is 6.88. The number of ether oxygens (including phenoxy) is 1. The number of hydrogen-bond donors (Lipinski definition) is 1. The lowest BCUT2D eigenvalue weighted by molar-refractivity contribution is -0.00000791. The molecule has 1 aliphatic carbocycles. The highest BCUT2D eigenvalue weighted by molar-refractivity contribution is 4.88. The van der Waals surface area contributed by atoms with E-state index in [1.54, 1.807) is 0 Å². The summed E-state index contributed by atoms with van der Waals surface area (Å²) in [6.07, 6.45) is 9.58. The highest BCUT2D eigenvalue weighted by atomic mass is 16.5. The van der Waals surface area contributed by atoms with Crippen molar-refractivity contribution in [1.82, 2.24) is 4.90 Å². The van der Waals surface area contributed by atoms with Crippen LogP contribution in [0.1, 0.15) is 51.9 Å². The van der Waals surface area contributed by atoms with Gasteiger partial charge < -0.3 is 14.7 Å². The molecule has 2 rings (SSSR count). The number of β-amino-alcohol motifs (C(OH)–C–C–N with tert-alkyl or cyclic N) is 1. The highest BCUT2D eigenvalue weighted by Crippen LogP contribution is 2.44. The summed E-state index contributed by atoms with van der Waals surface area (Å²) in [6, 6.07) is 0. The molecule has 18 heavy (non-hydrogen) atoms. The summed E-state index contributed by atoms with van der Waals surface area (Å²) in [5.74, 6) is 0. The Morgan fingerprint density at radius 3 is 2.39 bits per heavy atom. The molecule has 0 aromatic carbocycles. The minimum absolute atomic E-state index is 0.314. The van der Waals surface area contributed by atoms with Gasteiger partial charge in [0.1, 0.15) is 0 Å². The number of aliphatic hydroxyl groups excluding tert-OH is 1. The van der Waals surface area contributed by atoms with Crippen molar-refractivity contribution in [1.29, 1.82) is 0 Å². The van der Waals surface area contributed by atoms with Gasteiger partial charge in [0.25, 0.3) is 0 Å². The molecular formula is C15H29NO2. The third kappa shape index (κ3) is 3.94. The molecule has 1 aliphatic heterocycles. The van der Waals surface area contributed by atoms with Crippen molar-refractivity contribution in [3.05, 3.63) is 0 Å². The maximum atomic E-state index is 9.87. The Morgan fingerprint density at radius 2 is 1.78 bits per heavy atom. The Morgan fingerprint density at radius 1 is 1.11 bits per heavy atom. The van der Waals surface area contributed by atoms with Crippen LogP contribution < -0.4 is 0 Å². The van der Waals surface area contributed by atoms with Crippen LogP contribution in [0.4, 0.5) is 0 Å². The fraction of sp³-hybridized carbons (Fsp3) is 1.00. The van der Waals surface area contributed by atoms with Crippen LogP contribution in [-0.2, 0) is 4.74 Å². The summed E-state index contributed by atoms with van der Waals surface area (Å²) in [4.78, 5) is 2.42. The number of piperidine rings is 1. The predicted octanol–water partition coefficient (Wildman–Crippen LogP) is 2.43. The predicted molar refractivity (Wildman–Crippen MR) is 73.7 cm³/mol. The normalized spacial score (nSPS) is 26.3. The number of aliphatic hydroxyl groups is 1. The number of likely N-dealkylation sites (tertiary alicyclic amines) is 1. The first-order valence-corrected chi connectivity index (χ1v) is 7.72. The molecule has 1 heterocycles. The average molecular weight is 255 g/mol.